The molecule has 5 rings (SSSR count). The molecule has 184 valence electrons. The number of unbranched alkanes of at least 4 members (excludes halogenated alkanes) is 1. The summed E-state index contributed by atoms with van der Waals surface area (Å²) in [7, 11) is 0. The number of rotatable bonds is 10. The third-order valence-corrected chi connectivity index (χ3v) is 7.14. The van der Waals surface area contributed by atoms with Crippen molar-refractivity contribution in [2.24, 2.45) is 0 Å². The fourth-order valence-electron chi connectivity index (χ4n) is 5.03. The molecule has 1 amide bonds. The number of furan rings is 1. The molecule has 0 atom stereocenters. The Hall–Kier alpha value is -3.63. The van der Waals surface area contributed by atoms with Crippen molar-refractivity contribution >= 4 is 38.6 Å². The summed E-state index contributed by atoms with van der Waals surface area (Å²) in [5, 5.41) is 4.46. The number of para-hydroxylation sites is 1. The van der Waals surface area contributed by atoms with Gasteiger partial charge in [-0.25, -0.2) is 0 Å². The van der Waals surface area contributed by atoms with E-state index in [2.05, 4.69) is 67.3 Å². The molecule has 0 aliphatic heterocycles. The van der Waals surface area contributed by atoms with Crippen LogP contribution in [0.15, 0.2) is 89.3 Å². The number of carbonyl (C=O) groups excluding carboxylic acids is 1. The molecule has 5 aromatic rings. The van der Waals surface area contributed by atoms with Gasteiger partial charge in [0.2, 0.25) is 0 Å². The van der Waals surface area contributed by atoms with E-state index in [-0.39, 0.29) is 5.91 Å². The minimum Gasteiger partial charge on any atom is -0.456 e. The number of hydrogen-bond acceptors (Lipinski definition) is 3. The van der Waals surface area contributed by atoms with Crippen LogP contribution in [0.5, 0.6) is 0 Å². The lowest BCUT2D eigenvalue weighted by Gasteiger charge is -2.24. The summed E-state index contributed by atoms with van der Waals surface area (Å²) in [6.07, 6.45) is 2.06. The van der Waals surface area contributed by atoms with Gasteiger partial charge in [-0.05, 0) is 79.1 Å². The monoisotopic (exact) mass is 478 g/mol. The lowest BCUT2D eigenvalue weighted by atomic mass is 10.1. The Bertz CT molecular complexity index is 1480. The molecule has 4 aromatic carbocycles. The first-order valence-electron chi connectivity index (χ1n) is 13.1. The van der Waals surface area contributed by atoms with Gasteiger partial charge in [-0.3, -0.25) is 4.79 Å². The van der Waals surface area contributed by atoms with Gasteiger partial charge in [-0.1, -0.05) is 68.4 Å². The number of hydrogen-bond donors (Lipinski definition) is 0. The Kier molecular flexibility index (Phi) is 7.33. The molecule has 0 fully saturated rings. The van der Waals surface area contributed by atoms with Crippen molar-refractivity contribution in [1.29, 1.82) is 0 Å². The first kappa shape index (κ1) is 24.1. The molecule has 0 saturated carbocycles. The smallest absolute Gasteiger partial charge is 0.254 e. The van der Waals surface area contributed by atoms with Crippen LogP contribution in [0.4, 0.5) is 0 Å². The normalized spacial score (nSPS) is 11.6. The van der Waals surface area contributed by atoms with Crippen LogP contribution >= 0.6 is 0 Å². The predicted molar refractivity (Wildman–Crippen MR) is 149 cm³/mol. The molecule has 1 heterocycles. The van der Waals surface area contributed by atoms with Gasteiger partial charge in [0.25, 0.3) is 5.91 Å². The van der Waals surface area contributed by atoms with Gasteiger partial charge < -0.3 is 14.2 Å². The molecule has 0 unspecified atom stereocenters. The van der Waals surface area contributed by atoms with E-state index in [1.165, 1.54) is 10.8 Å². The first-order valence-corrected chi connectivity index (χ1v) is 13.1. The molecule has 0 N–H and O–H groups in total. The fraction of sp³-hybridized carbons (Fsp3) is 0.281. The summed E-state index contributed by atoms with van der Waals surface area (Å²) in [6, 6.07) is 28.7. The van der Waals surface area contributed by atoms with Gasteiger partial charge in [0.05, 0.1) is 0 Å². The molecule has 0 bridgehead atoms. The predicted octanol–water partition coefficient (Wildman–Crippen LogP) is 7.50. The third-order valence-electron chi connectivity index (χ3n) is 7.14. The highest BCUT2D eigenvalue weighted by molar-refractivity contribution is 6.08. The molecule has 36 heavy (non-hydrogen) atoms. The average molecular weight is 479 g/mol. The summed E-state index contributed by atoms with van der Waals surface area (Å²) in [5.41, 5.74) is 3.52. The highest BCUT2D eigenvalue weighted by Gasteiger charge is 2.18. The topological polar surface area (TPSA) is 36.7 Å². The maximum Gasteiger partial charge on any atom is 0.254 e. The Labute approximate surface area is 213 Å². The number of fused-ring (bicyclic) bond motifs is 4. The van der Waals surface area contributed by atoms with Crippen LogP contribution in [0, 0.1) is 0 Å². The second-order valence-electron chi connectivity index (χ2n) is 9.45. The number of amides is 1. The first-order chi connectivity index (χ1) is 17.7. The van der Waals surface area contributed by atoms with Gasteiger partial charge in [-0.2, -0.15) is 0 Å². The van der Waals surface area contributed by atoms with E-state index in [1.54, 1.807) is 0 Å². The van der Waals surface area contributed by atoms with E-state index in [9.17, 15) is 4.79 Å². The van der Waals surface area contributed by atoms with Crippen molar-refractivity contribution in [3.8, 4) is 0 Å². The maximum absolute atomic E-state index is 13.8. The Morgan fingerprint density at radius 1 is 0.722 bits per heavy atom. The lowest BCUT2D eigenvalue weighted by Crippen LogP contribution is -2.32. The summed E-state index contributed by atoms with van der Waals surface area (Å²) < 4.78 is 5.98. The van der Waals surface area contributed by atoms with Gasteiger partial charge >= 0.3 is 0 Å². The van der Waals surface area contributed by atoms with Gasteiger partial charge in [0, 0.05) is 29.4 Å². The Morgan fingerprint density at radius 2 is 1.44 bits per heavy atom. The van der Waals surface area contributed by atoms with Crippen molar-refractivity contribution in [2.75, 3.05) is 26.2 Å². The van der Waals surface area contributed by atoms with Gasteiger partial charge in [-0.15, -0.1) is 0 Å². The molecule has 4 heteroatoms. The summed E-state index contributed by atoms with van der Waals surface area (Å²) in [4.78, 5) is 18.3. The van der Waals surface area contributed by atoms with Crippen LogP contribution in [0.25, 0.3) is 32.7 Å². The molecule has 4 nitrogen and oxygen atoms in total. The molecule has 0 spiro atoms. The van der Waals surface area contributed by atoms with E-state index >= 15 is 0 Å². The van der Waals surface area contributed by atoms with E-state index in [0.29, 0.717) is 12.1 Å². The molecular formula is C32H34N2O2. The van der Waals surface area contributed by atoms with E-state index < -0.39 is 0 Å². The van der Waals surface area contributed by atoms with Crippen molar-refractivity contribution in [3.05, 3.63) is 96.1 Å². The SMILES string of the molecule is CCN(CC)CCCCN(Cc1ccc2ccccc2c1)C(=O)c1ccc2oc3ccccc3c2c1. The van der Waals surface area contributed by atoms with Crippen LogP contribution in [-0.2, 0) is 6.54 Å². The van der Waals surface area contributed by atoms with Crippen molar-refractivity contribution in [3.63, 3.8) is 0 Å². The molecule has 0 radical (unpaired) electrons. The minimum atomic E-state index is 0.0678. The standard InChI is InChI=1S/C32H34N2O2/c1-3-33(4-2)19-9-10-20-34(23-24-15-16-25-11-5-6-12-26(25)21-24)32(35)27-17-18-31-29(22-27)28-13-7-8-14-30(28)36-31/h5-8,11-18,21-22H,3-4,9-10,19-20,23H2,1-2H3. The largest absolute Gasteiger partial charge is 0.456 e. The second-order valence-corrected chi connectivity index (χ2v) is 9.45. The van der Waals surface area contributed by atoms with Gasteiger partial charge in [0.15, 0.2) is 0 Å². The van der Waals surface area contributed by atoms with Crippen molar-refractivity contribution in [1.82, 2.24) is 9.80 Å². The maximum atomic E-state index is 13.8. The van der Waals surface area contributed by atoms with Crippen molar-refractivity contribution in [2.45, 2.75) is 33.2 Å². The summed E-state index contributed by atoms with van der Waals surface area (Å²) in [5.74, 6) is 0.0678. The van der Waals surface area contributed by atoms with E-state index in [1.807, 2.05) is 41.3 Å². The Morgan fingerprint density at radius 3 is 2.28 bits per heavy atom. The number of nitrogens with zero attached hydrogens (tertiary/aromatic N) is 2. The number of carbonyl (C=O) groups is 1. The highest BCUT2D eigenvalue weighted by Crippen LogP contribution is 2.29. The molecule has 0 aliphatic carbocycles. The molecule has 1 aromatic heterocycles. The zero-order valence-corrected chi connectivity index (χ0v) is 21.2. The summed E-state index contributed by atoms with van der Waals surface area (Å²) in [6.45, 7) is 8.93. The quantitative estimate of drug-likeness (QED) is 0.195. The third kappa shape index (κ3) is 5.14. The number of benzene rings is 4. The minimum absolute atomic E-state index is 0.0678. The van der Waals surface area contributed by atoms with Crippen LogP contribution in [0.3, 0.4) is 0 Å². The van der Waals surface area contributed by atoms with E-state index in [4.69, 9.17) is 4.42 Å². The molecule has 0 saturated heterocycles. The summed E-state index contributed by atoms with van der Waals surface area (Å²) >= 11 is 0. The lowest BCUT2D eigenvalue weighted by molar-refractivity contribution is 0.0739. The van der Waals surface area contributed by atoms with E-state index in [0.717, 1.165) is 66.5 Å². The van der Waals surface area contributed by atoms with Gasteiger partial charge in [0.1, 0.15) is 11.2 Å². The van der Waals surface area contributed by atoms with Crippen LogP contribution in [0.2, 0.25) is 0 Å². The van der Waals surface area contributed by atoms with Crippen molar-refractivity contribution < 1.29 is 9.21 Å². The average Bonchev–Trinajstić information content (AvgIpc) is 3.30. The zero-order valence-electron chi connectivity index (χ0n) is 21.2. The van der Waals surface area contributed by atoms with Crippen LogP contribution in [-0.4, -0.2) is 41.9 Å². The fourth-order valence-corrected chi connectivity index (χ4v) is 5.03. The molecular weight excluding hydrogens is 444 g/mol. The molecule has 0 aliphatic rings. The zero-order chi connectivity index (χ0) is 24.9. The van der Waals surface area contributed by atoms with Crippen LogP contribution < -0.4 is 0 Å². The van der Waals surface area contributed by atoms with Crippen LogP contribution in [0.1, 0.15) is 42.6 Å². The highest BCUT2D eigenvalue weighted by atomic mass is 16.3. The second kappa shape index (κ2) is 11.0. The Balaban J connectivity index is 1.41.